The Hall–Kier alpha value is -2.17. The van der Waals surface area contributed by atoms with Crippen molar-refractivity contribution < 1.29 is 4.79 Å². The third-order valence-corrected chi connectivity index (χ3v) is 2.55. The summed E-state index contributed by atoms with van der Waals surface area (Å²) < 4.78 is 0. The van der Waals surface area contributed by atoms with E-state index in [1.807, 2.05) is 19.9 Å². The fourth-order valence-electron chi connectivity index (χ4n) is 1.44. The zero-order chi connectivity index (χ0) is 12.3. The number of carbonyl (C=O) groups is 1. The lowest BCUT2D eigenvalue weighted by Gasteiger charge is -2.05. The van der Waals surface area contributed by atoms with Crippen LogP contribution in [0.15, 0.2) is 24.5 Å². The number of anilines is 1. The number of hydrogen-bond donors (Lipinski definition) is 2. The van der Waals surface area contributed by atoms with E-state index in [0.717, 1.165) is 16.8 Å². The molecule has 5 heteroatoms. The molecule has 0 aliphatic rings. The van der Waals surface area contributed by atoms with E-state index in [4.69, 9.17) is 0 Å². The molecule has 2 aromatic heterocycles. The van der Waals surface area contributed by atoms with Gasteiger partial charge in [-0.15, -0.1) is 0 Å². The summed E-state index contributed by atoms with van der Waals surface area (Å²) in [5.74, 6) is 0.475. The molecular formula is C12H14N4O. The van der Waals surface area contributed by atoms with Gasteiger partial charge >= 0.3 is 0 Å². The molecule has 0 saturated carbocycles. The van der Waals surface area contributed by atoms with Gasteiger partial charge in [-0.2, -0.15) is 5.10 Å². The highest BCUT2D eigenvalue weighted by Crippen LogP contribution is 2.10. The average molecular weight is 230 g/mol. The van der Waals surface area contributed by atoms with E-state index in [-0.39, 0.29) is 12.3 Å². The van der Waals surface area contributed by atoms with Crippen LogP contribution in [0.3, 0.4) is 0 Å². The molecule has 1 amide bonds. The molecule has 2 heterocycles. The van der Waals surface area contributed by atoms with Crippen LogP contribution in [-0.4, -0.2) is 21.1 Å². The number of nitrogens with zero attached hydrogens (tertiary/aromatic N) is 2. The van der Waals surface area contributed by atoms with Crippen molar-refractivity contribution in [3.63, 3.8) is 0 Å². The average Bonchev–Trinajstić information content (AvgIpc) is 2.76. The highest BCUT2D eigenvalue weighted by molar-refractivity contribution is 5.91. The van der Waals surface area contributed by atoms with Crippen LogP contribution in [0.1, 0.15) is 16.8 Å². The SMILES string of the molecule is Cc1cnc(NC(=O)Cc2ccn[nH]2)cc1C. The van der Waals surface area contributed by atoms with Crippen LogP contribution in [-0.2, 0) is 11.2 Å². The molecule has 0 spiro atoms. The number of nitrogens with one attached hydrogen (secondary N) is 2. The summed E-state index contributed by atoms with van der Waals surface area (Å²) in [5, 5.41) is 9.28. The highest BCUT2D eigenvalue weighted by Gasteiger charge is 2.06. The molecule has 88 valence electrons. The number of amides is 1. The standard InChI is InChI=1S/C12H14N4O/c1-8-5-11(13-7-9(8)2)15-12(17)6-10-3-4-14-16-10/h3-5,7H,6H2,1-2H3,(H,14,16)(H,13,15,17). The van der Waals surface area contributed by atoms with Crippen molar-refractivity contribution in [2.75, 3.05) is 5.32 Å². The molecule has 2 rings (SSSR count). The van der Waals surface area contributed by atoms with Gasteiger partial charge in [-0.05, 0) is 37.1 Å². The van der Waals surface area contributed by atoms with Crippen LogP contribution in [0, 0.1) is 13.8 Å². The first-order chi connectivity index (χ1) is 8.15. The summed E-state index contributed by atoms with van der Waals surface area (Å²) in [7, 11) is 0. The van der Waals surface area contributed by atoms with Crippen LogP contribution < -0.4 is 5.32 Å². The van der Waals surface area contributed by atoms with Crippen molar-refractivity contribution in [3.8, 4) is 0 Å². The van der Waals surface area contributed by atoms with E-state index < -0.39 is 0 Å². The fourth-order valence-corrected chi connectivity index (χ4v) is 1.44. The topological polar surface area (TPSA) is 70.7 Å². The number of H-pyrrole nitrogens is 1. The van der Waals surface area contributed by atoms with E-state index in [1.54, 1.807) is 18.5 Å². The van der Waals surface area contributed by atoms with Gasteiger partial charge in [-0.3, -0.25) is 9.89 Å². The van der Waals surface area contributed by atoms with Crippen LogP contribution in [0.4, 0.5) is 5.82 Å². The summed E-state index contributed by atoms with van der Waals surface area (Å²) in [4.78, 5) is 15.8. The highest BCUT2D eigenvalue weighted by atomic mass is 16.1. The molecule has 0 saturated heterocycles. The summed E-state index contributed by atoms with van der Waals surface area (Å²) >= 11 is 0. The van der Waals surface area contributed by atoms with Gasteiger partial charge in [-0.1, -0.05) is 0 Å². The Labute approximate surface area is 99.3 Å². The van der Waals surface area contributed by atoms with Crippen LogP contribution >= 0.6 is 0 Å². The summed E-state index contributed by atoms with van der Waals surface area (Å²) in [6, 6.07) is 3.63. The second-order valence-corrected chi connectivity index (χ2v) is 3.96. The molecule has 5 nitrogen and oxygen atoms in total. The molecular weight excluding hydrogens is 216 g/mol. The van der Waals surface area contributed by atoms with Crippen LogP contribution in [0.5, 0.6) is 0 Å². The fraction of sp³-hybridized carbons (Fsp3) is 0.250. The van der Waals surface area contributed by atoms with Gasteiger partial charge in [0.1, 0.15) is 5.82 Å². The third-order valence-electron chi connectivity index (χ3n) is 2.55. The maximum absolute atomic E-state index is 11.7. The van der Waals surface area contributed by atoms with Gasteiger partial charge in [0.2, 0.25) is 5.91 Å². The van der Waals surface area contributed by atoms with Gasteiger partial charge in [0, 0.05) is 18.1 Å². The number of hydrogen-bond acceptors (Lipinski definition) is 3. The van der Waals surface area contributed by atoms with Gasteiger partial charge < -0.3 is 5.32 Å². The lowest BCUT2D eigenvalue weighted by molar-refractivity contribution is -0.115. The Balaban J connectivity index is 2.00. The maximum atomic E-state index is 11.7. The van der Waals surface area contributed by atoms with Gasteiger partial charge in [0.15, 0.2) is 0 Å². The van der Waals surface area contributed by atoms with Crippen molar-refractivity contribution in [2.45, 2.75) is 20.3 Å². The minimum atomic E-state index is -0.106. The number of aromatic nitrogens is 3. The molecule has 0 fully saturated rings. The van der Waals surface area contributed by atoms with Crippen LogP contribution in [0.2, 0.25) is 0 Å². The van der Waals surface area contributed by atoms with E-state index in [2.05, 4.69) is 20.5 Å². The number of rotatable bonds is 3. The first kappa shape index (κ1) is 11.3. The number of carbonyl (C=O) groups excluding carboxylic acids is 1. The predicted octanol–water partition coefficient (Wildman–Crippen LogP) is 1.60. The Morgan fingerprint density at radius 1 is 1.41 bits per heavy atom. The molecule has 0 radical (unpaired) electrons. The van der Waals surface area contributed by atoms with E-state index >= 15 is 0 Å². The third kappa shape index (κ3) is 2.90. The zero-order valence-corrected chi connectivity index (χ0v) is 9.82. The Morgan fingerprint density at radius 3 is 2.88 bits per heavy atom. The molecule has 0 unspecified atom stereocenters. The van der Waals surface area contributed by atoms with E-state index in [9.17, 15) is 4.79 Å². The molecule has 0 aliphatic heterocycles. The maximum Gasteiger partial charge on any atom is 0.231 e. The summed E-state index contributed by atoms with van der Waals surface area (Å²) in [6.45, 7) is 3.97. The summed E-state index contributed by atoms with van der Waals surface area (Å²) in [6.07, 6.45) is 3.65. The molecule has 17 heavy (non-hydrogen) atoms. The van der Waals surface area contributed by atoms with Crippen LogP contribution in [0.25, 0.3) is 0 Å². The summed E-state index contributed by atoms with van der Waals surface area (Å²) in [5.41, 5.74) is 3.00. The first-order valence-electron chi connectivity index (χ1n) is 5.36. The van der Waals surface area contributed by atoms with Crippen molar-refractivity contribution in [1.29, 1.82) is 0 Å². The molecule has 0 aromatic carbocycles. The van der Waals surface area contributed by atoms with Gasteiger partial charge in [0.25, 0.3) is 0 Å². The Bertz CT molecular complexity index is 519. The number of aryl methyl sites for hydroxylation is 2. The Morgan fingerprint density at radius 2 is 2.24 bits per heavy atom. The smallest absolute Gasteiger partial charge is 0.231 e. The zero-order valence-electron chi connectivity index (χ0n) is 9.82. The number of aromatic amines is 1. The van der Waals surface area contributed by atoms with Crippen molar-refractivity contribution >= 4 is 11.7 Å². The lowest BCUT2D eigenvalue weighted by Crippen LogP contribution is -2.15. The number of pyridine rings is 1. The van der Waals surface area contributed by atoms with E-state index in [0.29, 0.717) is 5.82 Å². The quantitative estimate of drug-likeness (QED) is 0.841. The molecule has 2 aromatic rings. The second kappa shape index (κ2) is 4.78. The van der Waals surface area contributed by atoms with E-state index in [1.165, 1.54) is 0 Å². The van der Waals surface area contributed by atoms with Crippen molar-refractivity contribution in [3.05, 3.63) is 41.3 Å². The first-order valence-corrected chi connectivity index (χ1v) is 5.36. The molecule has 0 aliphatic carbocycles. The largest absolute Gasteiger partial charge is 0.310 e. The minimum absolute atomic E-state index is 0.106. The predicted molar refractivity (Wildman–Crippen MR) is 64.6 cm³/mol. The monoisotopic (exact) mass is 230 g/mol. The van der Waals surface area contributed by atoms with Crippen molar-refractivity contribution in [1.82, 2.24) is 15.2 Å². The minimum Gasteiger partial charge on any atom is -0.310 e. The van der Waals surface area contributed by atoms with Gasteiger partial charge in [-0.25, -0.2) is 4.98 Å². The molecule has 2 N–H and O–H groups in total. The second-order valence-electron chi connectivity index (χ2n) is 3.96. The normalized spacial score (nSPS) is 10.2. The van der Waals surface area contributed by atoms with Gasteiger partial charge in [0.05, 0.1) is 6.42 Å². The lowest BCUT2D eigenvalue weighted by atomic mass is 10.2. The van der Waals surface area contributed by atoms with Crippen molar-refractivity contribution in [2.24, 2.45) is 0 Å². The molecule has 0 bridgehead atoms. The Kier molecular flexibility index (Phi) is 3.18. The molecule has 0 atom stereocenters.